The highest BCUT2D eigenvalue weighted by atomic mass is 31.2. The number of phenols is 1. The Morgan fingerprint density at radius 1 is 0.923 bits per heavy atom. The van der Waals surface area contributed by atoms with Gasteiger partial charge in [0.05, 0.1) is 13.2 Å². The van der Waals surface area contributed by atoms with E-state index in [4.69, 9.17) is 14.2 Å². The lowest BCUT2D eigenvalue weighted by Crippen LogP contribution is -2.32. The quantitative estimate of drug-likeness (QED) is 0.117. The third-order valence-corrected chi connectivity index (χ3v) is 7.45. The molecule has 9 nitrogen and oxygen atoms in total. The Labute approximate surface area is 229 Å². The van der Waals surface area contributed by atoms with Crippen molar-refractivity contribution in [3.8, 4) is 17.2 Å². The SMILES string of the molecule is O=P(O)(CCCOCc1ccccc1)COc1ccc(CCNC[C@H](O)COc2ccc(O)c(CO)c2)cc1. The van der Waals surface area contributed by atoms with Gasteiger partial charge in [0.1, 0.15) is 30.0 Å². The number of hydrogen-bond donors (Lipinski definition) is 5. The molecule has 39 heavy (non-hydrogen) atoms. The summed E-state index contributed by atoms with van der Waals surface area (Å²) in [6, 6.07) is 21.7. The molecule has 2 atom stereocenters. The second-order valence-corrected chi connectivity index (χ2v) is 11.6. The van der Waals surface area contributed by atoms with Crippen molar-refractivity contribution in [3.05, 3.63) is 89.5 Å². The summed E-state index contributed by atoms with van der Waals surface area (Å²) in [5.74, 6) is 0.993. The fraction of sp³-hybridized carbons (Fsp3) is 0.379. The summed E-state index contributed by atoms with van der Waals surface area (Å²) in [6.07, 6.45) is 0.390. The first kappa shape index (κ1) is 30.6. The largest absolute Gasteiger partial charge is 0.508 e. The van der Waals surface area contributed by atoms with Crippen LogP contribution in [-0.4, -0.2) is 65.1 Å². The van der Waals surface area contributed by atoms with E-state index < -0.39 is 13.5 Å². The zero-order chi connectivity index (χ0) is 27.9. The summed E-state index contributed by atoms with van der Waals surface area (Å²) in [6.45, 7) is 1.66. The van der Waals surface area contributed by atoms with Gasteiger partial charge in [-0.15, -0.1) is 0 Å². The van der Waals surface area contributed by atoms with Crippen LogP contribution in [0.5, 0.6) is 17.2 Å². The highest BCUT2D eigenvalue weighted by Gasteiger charge is 2.19. The maximum atomic E-state index is 12.4. The molecule has 0 aromatic heterocycles. The van der Waals surface area contributed by atoms with Crippen LogP contribution in [0.15, 0.2) is 72.8 Å². The smallest absolute Gasteiger partial charge is 0.236 e. The minimum atomic E-state index is -3.41. The zero-order valence-electron chi connectivity index (χ0n) is 21.9. The van der Waals surface area contributed by atoms with Crippen molar-refractivity contribution in [2.75, 3.05) is 38.8 Å². The van der Waals surface area contributed by atoms with Crippen molar-refractivity contribution in [1.29, 1.82) is 0 Å². The van der Waals surface area contributed by atoms with Crippen molar-refractivity contribution in [2.24, 2.45) is 0 Å². The fourth-order valence-electron chi connectivity index (χ4n) is 3.70. The van der Waals surface area contributed by atoms with E-state index in [1.165, 1.54) is 12.1 Å². The Morgan fingerprint density at radius 2 is 1.67 bits per heavy atom. The Hall–Kier alpha value is -2.91. The predicted molar refractivity (Wildman–Crippen MR) is 149 cm³/mol. The molecule has 10 heteroatoms. The molecular weight excluding hydrogens is 521 g/mol. The van der Waals surface area contributed by atoms with E-state index >= 15 is 0 Å². The molecule has 0 aliphatic carbocycles. The highest BCUT2D eigenvalue weighted by molar-refractivity contribution is 7.57. The number of hydrogen-bond acceptors (Lipinski definition) is 8. The van der Waals surface area contributed by atoms with E-state index in [2.05, 4.69) is 5.32 Å². The Bertz CT molecular complexity index is 1160. The molecule has 1 unspecified atom stereocenters. The Kier molecular flexibility index (Phi) is 12.8. The molecule has 0 fully saturated rings. The number of aromatic hydroxyl groups is 1. The Balaban J connectivity index is 1.26. The van der Waals surface area contributed by atoms with Crippen LogP contribution in [-0.2, 0) is 28.9 Å². The van der Waals surface area contributed by atoms with Gasteiger partial charge in [-0.25, -0.2) is 0 Å². The van der Waals surface area contributed by atoms with E-state index in [0.29, 0.717) is 49.8 Å². The molecule has 0 aliphatic rings. The maximum Gasteiger partial charge on any atom is 0.236 e. The van der Waals surface area contributed by atoms with Crippen molar-refractivity contribution in [2.45, 2.75) is 32.2 Å². The van der Waals surface area contributed by atoms with Gasteiger partial charge in [0.2, 0.25) is 7.37 Å². The molecule has 0 radical (unpaired) electrons. The van der Waals surface area contributed by atoms with Gasteiger partial charge >= 0.3 is 0 Å². The van der Waals surface area contributed by atoms with Crippen molar-refractivity contribution >= 4 is 7.37 Å². The summed E-state index contributed by atoms with van der Waals surface area (Å²) in [7, 11) is -3.41. The van der Waals surface area contributed by atoms with Gasteiger partial charge in [0.25, 0.3) is 0 Å². The molecular formula is C29H38NO8P. The van der Waals surface area contributed by atoms with Crippen molar-refractivity contribution in [1.82, 2.24) is 5.32 Å². The second-order valence-electron chi connectivity index (χ2n) is 9.25. The average Bonchev–Trinajstić information content (AvgIpc) is 2.95. The van der Waals surface area contributed by atoms with Crippen LogP contribution in [0.3, 0.4) is 0 Å². The van der Waals surface area contributed by atoms with Crippen LogP contribution >= 0.6 is 7.37 Å². The third-order valence-electron chi connectivity index (χ3n) is 5.90. The van der Waals surface area contributed by atoms with E-state index in [9.17, 15) is 24.8 Å². The van der Waals surface area contributed by atoms with E-state index in [1.807, 2.05) is 42.5 Å². The van der Waals surface area contributed by atoms with Crippen LogP contribution in [0.25, 0.3) is 0 Å². The maximum absolute atomic E-state index is 12.4. The molecule has 212 valence electrons. The number of aliphatic hydroxyl groups is 2. The van der Waals surface area contributed by atoms with Gasteiger partial charge in [-0.2, -0.15) is 0 Å². The number of ether oxygens (including phenoxy) is 3. The van der Waals surface area contributed by atoms with Gasteiger partial charge < -0.3 is 39.7 Å². The van der Waals surface area contributed by atoms with Gasteiger partial charge in [-0.3, -0.25) is 4.57 Å². The van der Waals surface area contributed by atoms with Gasteiger partial charge in [-0.05, 0) is 60.8 Å². The highest BCUT2D eigenvalue weighted by Crippen LogP contribution is 2.41. The molecule has 3 rings (SSSR count). The molecule has 0 amide bonds. The van der Waals surface area contributed by atoms with Crippen LogP contribution in [0.1, 0.15) is 23.1 Å². The minimum Gasteiger partial charge on any atom is -0.508 e. The summed E-state index contributed by atoms with van der Waals surface area (Å²) in [5.41, 5.74) is 2.49. The van der Waals surface area contributed by atoms with Gasteiger partial charge in [0, 0.05) is 24.9 Å². The fourth-order valence-corrected chi connectivity index (χ4v) is 4.80. The second kappa shape index (κ2) is 16.3. The lowest BCUT2D eigenvalue weighted by atomic mass is 10.1. The normalized spacial score (nSPS) is 13.5. The standard InChI is InChI=1S/C29H38NO8P/c31-19-25-17-28(11-12-29(25)33)37-21-26(32)18-30-14-13-23-7-9-27(10-8-23)38-22-39(34,35)16-4-15-36-20-24-5-2-1-3-6-24/h1-3,5-12,17,26,30-33H,4,13-16,18-22H2,(H,34,35)/t26-/m0/s1. The van der Waals surface area contributed by atoms with E-state index in [-0.39, 0.29) is 31.5 Å². The van der Waals surface area contributed by atoms with Crippen LogP contribution in [0.2, 0.25) is 0 Å². The molecule has 5 N–H and O–H groups in total. The topological polar surface area (TPSA) is 138 Å². The third kappa shape index (κ3) is 11.8. The average molecular weight is 560 g/mol. The van der Waals surface area contributed by atoms with Gasteiger partial charge in [0.15, 0.2) is 6.35 Å². The first-order chi connectivity index (χ1) is 18.8. The molecule has 0 aliphatic heterocycles. The van der Waals surface area contributed by atoms with Crippen LogP contribution in [0.4, 0.5) is 0 Å². The predicted octanol–water partition coefficient (Wildman–Crippen LogP) is 3.67. The molecule has 0 saturated carbocycles. The van der Waals surface area contributed by atoms with Gasteiger partial charge in [-0.1, -0.05) is 42.5 Å². The van der Waals surface area contributed by atoms with E-state index in [1.54, 1.807) is 18.2 Å². The molecule has 3 aromatic rings. The zero-order valence-corrected chi connectivity index (χ0v) is 22.8. The molecule has 0 heterocycles. The molecule has 0 bridgehead atoms. The molecule has 0 saturated heterocycles. The van der Waals surface area contributed by atoms with Crippen LogP contribution in [0, 0.1) is 0 Å². The monoisotopic (exact) mass is 559 g/mol. The lowest BCUT2D eigenvalue weighted by Gasteiger charge is -2.14. The summed E-state index contributed by atoms with van der Waals surface area (Å²) >= 11 is 0. The number of nitrogens with one attached hydrogen (secondary N) is 1. The summed E-state index contributed by atoms with van der Waals surface area (Å²) in [5, 5.41) is 32.1. The lowest BCUT2D eigenvalue weighted by molar-refractivity contribution is 0.106. The summed E-state index contributed by atoms with van der Waals surface area (Å²) in [4.78, 5) is 10.2. The van der Waals surface area contributed by atoms with Crippen molar-refractivity contribution < 1.29 is 39.0 Å². The summed E-state index contributed by atoms with van der Waals surface area (Å²) < 4.78 is 29.0. The number of aliphatic hydroxyl groups excluding tert-OH is 2. The van der Waals surface area contributed by atoms with E-state index in [0.717, 1.165) is 17.5 Å². The molecule has 3 aromatic carbocycles. The Morgan fingerprint density at radius 3 is 2.41 bits per heavy atom. The van der Waals surface area contributed by atoms with Crippen molar-refractivity contribution in [3.63, 3.8) is 0 Å². The number of rotatable bonds is 18. The number of benzene rings is 3. The minimum absolute atomic E-state index is 0.00342. The first-order valence-electron chi connectivity index (χ1n) is 12.9. The molecule has 0 spiro atoms. The first-order valence-corrected chi connectivity index (χ1v) is 15.0. The van der Waals surface area contributed by atoms with Crippen LogP contribution < -0.4 is 14.8 Å².